The van der Waals surface area contributed by atoms with Gasteiger partial charge in [0.2, 0.25) is 5.91 Å². The maximum absolute atomic E-state index is 12.5. The van der Waals surface area contributed by atoms with Crippen molar-refractivity contribution >= 4 is 22.4 Å². The molecule has 2 aromatic carbocycles. The minimum atomic E-state index is -0.0832. The molecule has 3 aromatic rings. The molecule has 0 aliphatic rings. The van der Waals surface area contributed by atoms with E-state index in [1.807, 2.05) is 41.6 Å². The third-order valence-electron chi connectivity index (χ3n) is 4.91. The summed E-state index contributed by atoms with van der Waals surface area (Å²) in [5, 5.41) is 5.53. The fraction of sp³-hybridized carbons (Fsp3) is 0.304. The number of hydrogen-bond acceptors (Lipinski definition) is 5. The number of benzene rings is 2. The lowest BCUT2D eigenvalue weighted by Crippen LogP contribution is -2.29. The van der Waals surface area contributed by atoms with E-state index in [1.54, 1.807) is 7.11 Å². The highest BCUT2D eigenvalue weighted by Crippen LogP contribution is 2.29. The summed E-state index contributed by atoms with van der Waals surface area (Å²) in [5.74, 6) is 0.744. The number of carbonyl (C=O) groups excluding carboxylic acids is 1. The van der Waals surface area contributed by atoms with Gasteiger partial charge in [0.15, 0.2) is 5.13 Å². The van der Waals surface area contributed by atoms with Gasteiger partial charge < -0.3 is 10.1 Å². The Hall–Kier alpha value is -2.70. The van der Waals surface area contributed by atoms with Gasteiger partial charge in [-0.25, -0.2) is 4.98 Å². The Morgan fingerprint density at radius 3 is 2.62 bits per heavy atom. The Balaban J connectivity index is 1.62. The van der Waals surface area contributed by atoms with Gasteiger partial charge in [0.05, 0.1) is 19.3 Å². The quantitative estimate of drug-likeness (QED) is 0.608. The third-order valence-corrected chi connectivity index (χ3v) is 5.67. The number of thiazole rings is 1. The SMILES string of the molecule is COc1ccccc1CN(C)CC(=O)Nc1nc(-c2cc(C)c(C)cc2C)cs1. The molecule has 5 nitrogen and oxygen atoms in total. The number of para-hydroxylation sites is 1. The van der Waals surface area contributed by atoms with Crippen LogP contribution in [0, 0.1) is 20.8 Å². The van der Waals surface area contributed by atoms with Crippen molar-refractivity contribution in [2.24, 2.45) is 0 Å². The largest absolute Gasteiger partial charge is 0.496 e. The minimum absolute atomic E-state index is 0.0832. The van der Waals surface area contributed by atoms with Gasteiger partial charge in [-0.1, -0.05) is 24.3 Å². The zero-order valence-corrected chi connectivity index (χ0v) is 18.4. The van der Waals surface area contributed by atoms with Crippen molar-refractivity contribution in [1.82, 2.24) is 9.88 Å². The highest BCUT2D eigenvalue weighted by molar-refractivity contribution is 7.14. The molecule has 0 fully saturated rings. The van der Waals surface area contributed by atoms with Gasteiger partial charge in [0.25, 0.3) is 0 Å². The summed E-state index contributed by atoms with van der Waals surface area (Å²) in [6, 6.07) is 12.2. The van der Waals surface area contributed by atoms with Crippen molar-refractivity contribution in [2.75, 3.05) is 26.0 Å². The fourth-order valence-electron chi connectivity index (χ4n) is 3.28. The van der Waals surface area contributed by atoms with E-state index in [4.69, 9.17) is 4.74 Å². The van der Waals surface area contributed by atoms with E-state index in [9.17, 15) is 4.79 Å². The summed E-state index contributed by atoms with van der Waals surface area (Å²) in [7, 11) is 3.57. The molecule has 0 saturated carbocycles. The van der Waals surface area contributed by atoms with Gasteiger partial charge in [-0.3, -0.25) is 9.69 Å². The first-order valence-corrected chi connectivity index (χ1v) is 10.4. The van der Waals surface area contributed by atoms with Crippen LogP contribution < -0.4 is 10.1 Å². The fourth-order valence-corrected chi connectivity index (χ4v) is 4.00. The maximum atomic E-state index is 12.5. The molecule has 0 spiro atoms. The number of amides is 1. The number of hydrogen-bond donors (Lipinski definition) is 1. The predicted octanol–water partition coefficient (Wildman–Crippen LogP) is 4.81. The van der Waals surface area contributed by atoms with Crippen molar-refractivity contribution < 1.29 is 9.53 Å². The lowest BCUT2D eigenvalue weighted by Gasteiger charge is -2.17. The van der Waals surface area contributed by atoms with E-state index in [0.717, 1.165) is 22.6 Å². The topological polar surface area (TPSA) is 54.5 Å². The molecule has 6 heteroatoms. The lowest BCUT2D eigenvalue weighted by atomic mass is 9.99. The molecular formula is C23H27N3O2S. The van der Waals surface area contributed by atoms with E-state index < -0.39 is 0 Å². The van der Waals surface area contributed by atoms with Crippen molar-refractivity contribution in [3.05, 3.63) is 64.0 Å². The first kappa shape index (κ1) is 21.0. The average Bonchev–Trinajstić information content (AvgIpc) is 3.12. The summed E-state index contributed by atoms with van der Waals surface area (Å²) < 4.78 is 5.38. The molecule has 0 atom stereocenters. The number of ether oxygens (including phenoxy) is 1. The van der Waals surface area contributed by atoms with Gasteiger partial charge in [0, 0.05) is 23.1 Å². The number of anilines is 1. The van der Waals surface area contributed by atoms with Crippen LogP contribution >= 0.6 is 11.3 Å². The van der Waals surface area contributed by atoms with E-state index in [0.29, 0.717) is 11.7 Å². The number of methoxy groups -OCH3 is 1. The van der Waals surface area contributed by atoms with Crippen LogP contribution in [0.4, 0.5) is 5.13 Å². The Bertz CT molecular complexity index is 1010. The van der Waals surface area contributed by atoms with Gasteiger partial charge in [0.1, 0.15) is 5.75 Å². The predicted molar refractivity (Wildman–Crippen MR) is 120 cm³/mol. The molecule has 0 radical (unpaired) electrons. The van der Waals surface area contributed by atoms with Crippen LogP contribution in [-0.2, 0) is 11.3 Å². The van der Waals surface area contributed by atoms with Crippen LogP contribution in [0.15, 0.2) is 41.8 Å². The highest BCUT2D eigenvalue weighted by atomic mass is 32.1. The monoisotopic (exact) mass is 409 g/mol. The Labute approximate surface area is 176 Å². The number of nitrogens with one attached hydrogen (secondary N) is 1. The smallest absolute Gasteiger partial charge is 0.240 e. The Morgan fingerprint density at radius 1 is 1.14 bits per heavy atom. The van der Waals surface area contributed by atoms with E-state index >= 15 is 0 Å². The molecule has 3 rings (SSSR count). The molecule has 0 aliphatic carbocycles. The van der Waals surface area contributed by atoms with Crippen molar-refractivity contribution in [1.29, 1.82) is 0 Å². The number of likely N-dealkylation sites (N-methyl/N-ethyl adjacent to an activating group) is 1. The van der Waals surface area contributed by atoms with E-state index in [2.05, 4.69) is 43.2 Å². The summed E-state index contributed by atoms with van der Waals surface area (Å²) in [6.07, 6.45) is 0. The number of aromatic nitrogens is 1. The van der Waals surface area contributed by atoms with Crippen LogP contribution in [0.3, 0.4) is 0 Å². The van der Waals surface area contributed by atoms with E-state index in [1.165, 1.54) is 28.0 Å². The molecule has 1 N–H and O–H groups in total. The second-order valence-electron chi connectivity index (χ2n) is 7.32. The molecule has 1 heterocycles. The molecular weight excluding hydrogens is 382 g/mol. The van der Waals surface area contributed by atoms with Crippen LogP contribution in [-0.4, -0.2) is 36.5 Å². The Morgan fingerprint density at radius 2 is 1.86 bits per heavy atom. The molecule has 1 amide bonds. The summed E-state index contributed by atoms with van der Waals surface area (Å²) in [5.41, 5.74) is 6.75. The first-order chi connectivity index (χ1) is 13.9. The molecule has 152 valence electrons. The van der Waals surface area contributed by atoms with Gasteiger partial charge in [-0.15, -0.1) is 11.3 Å². The van der Waals surface area contributed by atoms with Gasteiger partial charge in [-0.05, 0) is 56.6 Å². The van der Waals surface area contributed by atoms with Crippen molar-refractivity contribution in [3.8, 4) is 17.0 Å². The molecule has 29 heavy (non-hydrogen) atoms. The standard InChI is InChI=1S/C23H27N3O2S/c1-15-10-17(3)19(11-16(15)2)20-14-29-23(24-20)25-22(27)13-26(4)12-18-8-6-7-9-21(18)28-5/h6-11,14H,12-13H2,1-5H3,(H,24,25,27). The second-order valence-corrected chi connectivity index (χ2v) is 8.18. The summed E-state index contributed by atoms with van der Waals surface area (Å²) in [4.78, 5) is 19.0. The maximum Gasteiger partial charge on any atom is 0.240 e. The van der Waals surface area contributed by atoms with Crippen molar-refractivity contribution in [2.45, 2.75) is 27.3 Å². The first-order valence-electron chi connectivity index (χ1n) is 9.51. The minimum Gasteiger partial charge on any atom is -0.496 e. The van der Waals surface area contributed by atoms with Crippen LogP contribution in [0.25, 0.3) is 11.3 Å². The van der Waals surface area contributed by atoms with Gasteiger partial charge >= 0.3 is 0 Å². The Kier molecular flexibility index (Phi) is 6.67. The number of nitrogens with zero attached hydrogens (tertiary/aromatic N) is 2. The number of carbonyl (C=O) groups is 1. The number of rotatable bonds is 7. The summed E-state index contributed by atoms with van der Waals surface area (Å²) in [6.45, 7) is 7.20. The van der Waals surface area contributed by atoms with Crippen molar-refractivity contribution in [3.63, 3.8) is 0 Å². The zero-order valence-electron chi connectivity index (χ0n) is 17.6. The molecule has 0 unspecified atom stereocenters. The molecule has 1 aromatic heterocycles. The van der Waals surface area contributed by atoms with E-state index in [-0.39, 0.29) is 12.5 Å². The highest BCUT2D eigenvalue weighted by Gasteiger charge is 2.13. The molecule has 0 bridgehead atoms. The normalized spacial score (nSPS) is 11.0. The van der Waals surface area contributed by atoms with Crippen LogP contribution in [0.5, 0.6) is 5.75 Å². The zero-order chi connectivity index (χ0) is 21.0. The molecule has 0 aliphatic heterocycles. The van der Waals surface area contributed by atoms with Gasteiger partial charge in [-0.2, -0.15) is 0 Å². The summed E-state index contributed by atoms with van der Waals surface area (Å²) >= 11 is 1.45. The lowest BCUT2D eigenvalue weighted by molar-refractivity contribution is -0.117. The van der Waals surface area contributed by atoms with Crippen LogP contribution in [0.2, 0.25) is 0 Å². The van der Waals surface area contributed by atoms with Crippen LogP contribution in [0.1, 0.15) is 22.3 Å². The average molecular weight is 410 g/mol. The molecule has 0 saturated heterocycles. The number of aryl methyl sites for hydroxylation is 3. The second kappa shape index (κ2) is 9.20. The third kappa shape index (κ3) is 5.22.